The fraction of sp³-hybridized carbons (Fsp3) is 0.304. The van der Waals surface area contributed by atoms with Gasteiger partial charge in [0.2, 0.25) is 0 Å². The Balaban J connectivity index is 0.000000791. The van der Waals surface area contributed by atoms with Gasteiger partial charge in [0.1, 0.15) is 18.1 Å². The highest BCUT2D eigenvalue weighted by molar-refractivity contribution is 5.53. The van der Waals surface area contributed by atoms with Crippen LogP contribution < -0.4 is 10.5 Å². The lowest BCUT2D eigenvalue weighted by molar-refractivity contribution is 0.173. The summed E-state index contributed by atoms with van der Waals surface area (Å²) in [5, 5.41) is 0. The molecule has 0 aliphatic heterocycles. The second kappa shape index (κ2) is 12.6. The average molecular weight is 354 g/mol. The van der Waals surface area contributed by atoms with E-state index in [1.807, 2.05) is 76.2 Å². The SMILES string of the molecule is CC.CC.Nc1ccccc1OC1=C(OCc2ccccc2)CCC=C1. The monoisotopic (exact) mass is 353 g/mol. The van der Waals surface area contributed by atoms with Gasteiger partial charge in [-0.05, 0) is 30.2 Å². The fourth-order valence-corrected chi connectivity index (χ4v) is 2.29. The van der Waals surface area contributed by atoms with Crippen LogP contribution in [0.5, 0.6) is 5.75 Å². The molecule has 26 heavy (non-hydrogen) atoms. The van der Waals surface area contributed by atoms with Crippen LogP contribution in [0, 0.1) is 0 Å². The minimum atomic E-state index is 0.543. The lowest BCUT2D eigenvalue weighted by atomic mass is 10.1. The van der Waals surface area contributed by atoms with E-state index in [2.05, 4.69) is 18.2 Å². The van der Waals surface area contributed by atoms with E-state index in [0.717, 1.165) is 29.9 Å². The van der Waals surface area contributed by atoms with Crippen LogP contribution in [0.1, 0.15) is 46.1 Å². The first-order valence-electron chi connectivity index (χ1n) is 9.42. The van der Waals surface area contributed by atoms with Crippen LogP contribution in [-0.4, -0.2) is 0 Å². The van der Waals surface area contributed by atoms with Crippen LogP contribution in [0.3, 0.4) is 0 Å². The normalized spacial score (nSPS) is 12.3. The summed E-state index contributed by atoms with van der Waals surface area (Å²) in [4.78, 5) is 0. The van der Waals surface area contributed by atoms with Gasteiger partial charge in [-0.2, -0.15) is 0 Å². The Kier molecular flexibility index (Phi) is 10.4. The van der Waals surface area contributed by atoms with E-state index < -0.39 is 0 Å². The lowest BCUT2D eigenvalue weighted by Gasteiger charge is -2.18. The second-order valence-corrected chi connectivity index (χ2v) is 5.14. The Labute approximate surface area is 158 Å². The largest absolute Gasteiger partial charge is 0.489 e. The highest BCUT2D eigenvalue weighted by Crippen LogP contribution is 2.28. The van der Waals surface area contributed by atoms with E-state index in [4.69, 9.17) is 15.2 Å². The first-order chi connectivity index (χ1) is 12.8. The molecule has 0 saturated carbocycles. The number of hydrogen-bond donors (Lipinski definition) is 1. The minimum absolute atomic E-state index is 0.543. The summed E-state index contributed by atoms with van der Waals surface area (Å²) in [6, 6.07) is 17.6. The Hall–Kier alpha value is -2.68. The van der Waals surface area contributed by atoms with Gasteiger partial charge in [0.25, 0.3) is 0 Å². The maximum absolute atomic E-state index is 5.96. The van der Waals surface area contributed by atoms with E-state index in [1.165, 1.54) is 0 Å². The molecule has 0 fully saturated rings. The minimum Gasteiger partial charge on any atom is -0.489 e. The highest BCUT2D eigenvalue weighted by atomic mass is 16.5. The molecule has 0 heterocycles. The standard InChI is InChI=1S/C19H19NO2.2C2H6/c20-16-10-4-5-11-17(16)22-19-13-7-6-12-18(19)21-14-15-8-2-1-3-9-15;2*1-2/h1-5,7-11,13H,6,12,14,20H2;2*1-2H3. The smallest absolute Gasteiger partial charge is 0.164 e. The molecule has 2 aromatic carbocycles. The topological polar surface area (TPSA) is 44.5 Å². The molecule has 0 amide bonds. The van der Waals surface area contributed by atoms with Gasteiger partial charge in [-0.1, -0.05) is 76.2 Å². The van der Waals surface area contributed by atoms with Crippen LogP contribution >= 0.6 is 0 Å². The molecule has 0 radical (unpaired) electrons. The first kappa shape index (κ1) is 21.4. The van der Waals surface area contributed by atoms with Crippen molar-refractivity contribution in [2.45, 2.75) is 47.1 Å². The Morgan fingerprint density at radius 3 is 2.23 bits per heavy atom. The summed E-state index contributed by atoms with van der Waals surface area (Å²) in [6.45, 7) is 8.54. The fourth-order valence-electron chi connectivity index (χ4n) is 2.29. The van der Waals surface area contributed by atoms with Crippen molar-refractivity contribution in [1.29, 1.82) is 0 Å². The molecular formula is C23H31NO2. The molecule has 0 bridgehead atoms. The van der Waals surface area contributed by atoms with Gasteiger partial charge in [0.05, 0.1) is 5.69 Å². The van der Waals surface area contributed by atoms with E-state index in [9.17, 15) is 0 Å². The number of rotatable bonds is 5. The average Bonchev–Trinajstić information content (AvgIpc) is 2.73. The number of anilines is 1. The molecule has 3 rings (SSSR count). The predicted octanol–water partition coefficient (Wildman–Crippen LogP) is 6.48. The van der Waals surface area contributed by atoms with Gasteiger partial charge in [-0.25, -0.2) is 0 Å². The Bertz CT molecular complexity index is 690. The molecule has 2 N–H and O–H groups in total. The first-order valence-corrected chi connectivity index (χ1v) is 9.42. The van der Waals surface area contributed by atoms with Crippen molar-refractivity contribution < 1.29 is 9.47 Å². The van der Waals surface area contributed by atoms with E-state index >= 15 is 0 Å². The summed E-state index contributed by atoms with van der Waals surface area (Å²) in [5.41, 5.74) is 7.70. The van der Waals surface area contributed by atoms with Gasteiger partial charge in [0, 0.05) is 6.42 Å². The lowest BCUT2D eigenvalue weighted by Crippen LogP contribution is -2.06. The number of benzene rings is 2. The third-order valence-corrected chi connectivity index (χ3v) is 3.48. The quantitative estimate of drug-likeness (QED) is 0.626. The van der Waals surface area contributed by atoms with Crippen LogP contribution in [0.2, 0.25) is 0 Å². The Morgan fingerprint density at radius 2 is 1.54 bits per heavy atom. The van der Waals surface area contributed by atoms with E-state index in [-0.39, 0.29) is 0 Å². The number of para-hydroxylation sites is 2. The van der Waals surface area contributed by atoms with Crippen molar-refractivity contribution in [1.82, 2.24) is 0 Å². The zero-order valence-electron chi connectivity index (χ0n) is 16.4. The van der Waals surface area contributed by atoms with Crippen LogP contribution in [-0.2, 0) is 11.3 Å². The molecule has 0 spiro atoms. The highest BCUT2D eigenvalue weighted by Gasteiger charge is 2.13. The number of nitrogens with two attached hydrogens (primary N) is 1. The third kappa shape index (κ3) is 6.67. The van der Waals surface area contributed by atoms with Crippen molar-refractivity contribution in [2.75, 3.05) is 5.73 Å². The molecular weight excluding hydrogens is 322 g/mol. The van der Waals surface area contributed by atoms with E-state index in [1.54, 1.807) is 0 Å². The molecule has 0 unspecified atom stereocenters. The molecule has 0 saturated heterocycles. The van der Waals surface area contributed by atoms with Crippen molar-refractivity contribution in [3.05, 3.63) is 83.8 Å². The summed E-state index contributed by atoms with van der Waals surface area (Å²) in [7, 11) is 0. The van der Waals surface area contributed by atoms with Crippen LogP contribution in [0.15, 0.2) is 78.3 Å². The third-order valence-electron chi connectivity index (χ3n) is 3.48. The number of ether oxygens (including phenoxy) is 2. The molecule has 140 valence electrons. The van der Waals surface area contributed by atoms with E-state index in [0.29, 0.717) is 18.0 Å². The van der Waals surface area contributed by atoms with Crippen molar-refractivity contribution in [3.63, 3.8) is 0 Å². The predicted molar refractivity (Wildman–Crippen MR) is 111 cm³/mol. The molecule has 1 aliphatic rings. The van der Waals surface area contributed by atoms with Crippen molar-refractivity contribution in [2.24, 2.45) is 0 Å². The summed E-state index contributed by atoms with van der Waals surface area (Å²) < 4.78 is 11.9. The number of allylic oxidation sites excluding steroid dienone is 3. The molecule has 3 nitrogen and oxygen atoms in total. The van der Waals surface area contributed by atoms with Gasteiger partial charge < -0.3 is 15.2 Å². The van der Waals surface area contributed by atoms with Crippen molar-refractivity contribution >= 4 is 5.69 Å². The Morgan fingerprint density at radius 1 is 0.885 bits per heavy atom. The zero-order chi connectivity index (χ0) is 19.2. The van der Waals surface area contributed by atoms with Crippen LogP contribution in [0.4, 0.5) is 5.69 Å². The maximum Gasteiger partial charge on any atom is 0.164 e. The zero-order valence-corrected chi connectivity index (χ0v) is 16.4. The van der Waals surface area contributed by atoms with Crippen LogP contribution in [0.25, 0.3) is 0 Å². The molecule has 2 aromatic rings. The molecule has 0 aromatic heterocycles. The second-order valence-electron chi connectivity index (χ2n) is 5.14. The molecule has 0 atom stereocenters. The van der Waals surface area contributed by atoms with Gasteiger partial charge in [-0.3, -0.25) is 0 Å². The summed E-state index contributed by atoms with van der Waals surface area (Å²) in [5.74, 6) is 2.26. The van der Waals surface area contributed by atoms with Gasteiger partial charge >= 0.3 is 0 Å². The van der Waals surface area contributed by atoms with Gasteiger partial charge in [-0.15, -0.1) is 0 Å². The number of nitrogen functional groups attached to an aromatic ring is 1. The van der Waals surface area contributed by atoms with Crippen molar-refractivity contribution in [3.8, 4) is 5.75 Å². The number of hydrogen-bond acceptors (Lipinski definition) is 3. The summed E-state index contributed by atoms with van der Waals surface area (Å²) in [6.07, 6.45) is 5.84. The molecule has 1 aliphatic carbocycles. The molecule has 3 heteroatoms. The maximum atomic E-state index is 5.96. The summed E-state index contributed by atoms with van der Waals surface area (Å²) >= 11 is 0. The van der Waals surface area contributed by atoms with Gasteiger partial charge in [0.15, 0.2) is 5.76 Å².